The highest BCUT2D eigenvalue weighted by molar-refractivity contribution is 7.91. The number of carbonyl (C=O) groups excluding carboxylic acids is 1. The van der Waals surface area contributed by atoms with Gasteiger partial charge in [-0.25, -0.2) is 13.2 Å². The molecule has 0 radical (unpaired) electrons. The second-order valence-corrected chi connectivity index (χ2v) is 6.39. The van der Waals surface area contributed by atoms with Crippen molar-refractivity contribution in [3.63, 3.8) is 0 Å². The lowest BCUT2D eigenvalue weighted by Crippen LogP contribution is -2.51. The standard InChI is InChI=1S/C10H15NO6S/c1-2-4-17-9(14)11-10(6-8(12)13)3-5-18(15,16)7-10/h2H,1,3-7H2,(H,11,14)(H,12,13). The highest BCUT2D eigenvalue weighted by Gasteiger charge is 2.45. The van der Waals surface area contributed by atoms with Crippen molar-refractivity contribution < 1.29 is 27.9 Å². The van der Waals surface area contributed by atoms with Crippen LogP contribution in [0, 0.1) is 0 Å². The first-order valence-corrected chi connectivity index (χ1v) is 7.09. The number of hydrogen-bond donors (Lipinski definition) is 2. The minimum atomic E-state index is -3.32. The Morgan fingerprint density at radius 3 is 2.61 bits per heavy atom. The van der Waals surface area contributed by atoms with Crippen molar-refractivity contribution in [1.29, 1.82) is 0 Å². The Balaban J connectivity index is 2.77. The van der Waals surface area contributed by atoms with E-state index >= 15 is 0 Å². The molecule has 2 N–H and O–H groups in total. The van der Waals surface area contributed by atoms with E-state index in [-0.39, 0.29) is 24.5 Å². The highest BCUT2D eigenvalue weighted by atomic mass is 32.2. The van der Waals surface area contributed by atoms with E-state index < -0.39 is 33.9 Å². The summed E-state index contributed by atoms with van der Waals surface area (Å²) in [6, 6.07) is 0. The van der Waals surface area contributed by atoms with Gasteiger partial charge in [-0.05, 0) is 6.42 Å². The van der Waals surface area contributed by atoms with Crippen LogP contribution in [0.15, 0.2) is 12.7 Å². The van der Waals surface area contributed by atoms with Crippen molar-refractivity contribution in [2.75, 3.05) is 18.1 Å². The maximum atomic E-state index is 11.4. The highest BCUT2D eigenvalue weighted by Crippen LogP contribution is 2.27. The van der Waals surface area contributed by atoms with Crippen LogP contribution in [0.25, 0.3) is 0 Å². The molecule has 1 fully saturated rings. The number of amides is 1. The van der Waals surface area contributed by atoms with Crippen LogP contribution in [-0.2, 0) is 19.4 Å². The molecule has 1 atom stereocenters. The molecule has 1 rings (SSSR count). The van der Waals surface area contributed by atoms with Gasteiger partial charge in [0, 0.05) is 0 Å². The molecule has 1 heterocycles. The molecule has 7 nitrogen and oxygen atoms in total. The first-order valence-electron chi connectivity index (χ1n) is 5.27. The Bertz CT molecular complexity index is 457. The van der Waals surface area contributed by atoms with Gasteiger partial charge < -0.3 is 15.2 Å². The number of ether oxygens (including phenoxy) is 1. The molecule has 0 spiro atoms. The molecule has 8 heteroatoms. The molecule has 0 aromatic rings. The fourth-order valence-corrected chi connectivity index (χ4v) is 3.88. The summed E-state index contributed by atoms with van der Waals surface area (Å²) in [5.41, 5.74) is -1.27. The number of alkyl carbamates (subject to hydrolysis) is 1. The summed E-state index contributed by atoms with van der Waals surface area (Å²) in [6.07, 6.45) is 0.142. The predicted octanol–water partition coefficient (Wildman–Crippen LogP) is -0.0694. The minimum Gasteiger partial charge on any atom is -0.481 e. The lowest BCUT2D eigenvalue weighted by Gasteiger charge is -2.26. The Morgan fingerprint density at radius 1 is 1.50 bits per heavy atom. The SMILES string of the molecule is C=CCOC(=O)NC1(CC(=O)O)CCS(=O)(=O)C1. The number of carboxylic acid groups (broad SMARTS) is 1. The monoisotopic (exact) mass is 277 g/mol. The van der Waals surface area contributed by atoms with Crippen LogP contribution in [0.2, 0.25) is 0 Å². The van der Waals surface area contributed by atoms with Crippen molar-refractivity contribution in [1.82, 2.24) is 5.32 Å². The molecule has 18 heavy (non-hydrogen) atoms. The lowest BCUT2D eigenvalue weighted by atomic mass is 9.95. The van der Waals surface area contributed by atoms with E-state index in [0.717, 1.165) is 0 Å². The topological polar surface area (TPSA) is 110 Å². The predicted molar refractivity (Wildman–Crippen MR) is 62.9 cm³/mol. The van der Waals surface area contributed by atoms with Crippen LogP contribution in [0.4, 0.5) is 4.79 Å². The normalized spacial score (nSPS) is 25.3. The van der Waals surface area contributed by atoms with Gasteiger partial charge in [0.15, 0.2) is 9.84 Å². The van der Waals surface area contributed by atoms with E-state index in [2.05, 4.69) is 16.6 Å². The van der Waals surface area contributed by atoms with Crippen LogP contribution in [0.5, 0.6) is 0 Å². The summed E-state index contributed by atoms with van der Waals surface area (Å²) in [7, 11) is -3.32. The smallest absolute Gasteiger partial charge is 0.407 e. The molecule has 0 aromatic carbocycles. The number of carboxylic acids is 1. The van der Waals surface area contributed by atoms with Crippen LogP contribution in [-0.4, -0.2) is 49.2 Å². The van der Waals surface area contributed by atoms with Crippen molar-refractivity contribution >= 4 is 21.9 Å². The van der Waals surface area contributed by atoms with Gasteiger partial charge in [0.05, 0.1) is 23.5 Å². The average molecular weight is 277 g/mol. The Hall–Kier alpha value is -1.57. The Morgan fingerprint density at radius 2 is 2.17 bits per heavy atom. The summed E-state index contributed by atoms with van der Waals surface area (Å²) in [5, 5.41) is 11.1. The van der Waals surface area contributed by atoms with E-state index in [1.807, 2.05) is 0 Å². The molecule has 1 saturated heterocycles. The zero-order chi connectivity index (χ0) is 13.8. The van der Waals surface area contributed by atoms with Gasteiger partial charge >= 0.3 is 12.1 Å². The number of nitrogens with one attached hydrogen (secondary N) is 1. The van der Waals surface area contributed by atoms with Crippen molar-refractivity contribution in [2.24, 2.45) is 0 Å². The number of rotatable bonds is 5. The van der Waals surface area contributed by atoms with Crippen LogP contribution >= 0.6 is 0 Å². The Kier molecular flexibility index (Phi) is 4.33. The van der Waals surface area contributed by atoms with Gasteiger partial charge in [0.2, 0.25) is 0 Å². The molecule has 0 bridgehead atoms. The van der Waals surface area contributed by atoms with Gasteiger partial charge in [0.25, 0.3) is 0 Å². The molecule has 0 saturated carbocycles. The quantitative estimate of drug-likeness (QED) is 0.681. The second-order valence-electron chi connectivity index (χ2n) is 4.21. The molecule has 1 amide bonds. The van der Waals surface area contributed by atoms with Crippen LogP contribution < -0.4 is 5.32 Å². The fourth-order valence-electron chi connectivity index (χ4n) is 1.88. The molecule has 0 aromatic heterocycles. The maximum Gasteiger partial charge on any atom is 0.407 e. The van der Waals surface area contributed by atoms with Gasteiger partial charge in [-0.1, -0.05) is 12.7 Å². The van der Waals surface area contributed by atoms with Gasteiger partial charge in [-0.3, -0.25) is 4.79 Å². The van der Waals surface area contributed by atoms with Crippen molar-refractivity contribution in [2.45, 2.75) is 18.4 Å². The minimum absolute atomic E-state index is 0.0261. The first kappa shape index (κ1) is 14.5. The number of sulfone groups is 1. The molecule has 102 valence electrons. The van der Waals surface area contributed by atoms with Gasteiger partial charge in [-0.2, -0.15) is 0 Å². The molecule has 1 unspecified atom stereocenters. The first-order chi connectivity index (χ1) is 8.29. The van der Waals surface area contributed by atoms with Crippen LogP contribution in [0.3, 0.4) is 0 Å². The zero-order valence-corrected chi connectivity index (χ0v) is 10.5. The third kappa shape index (κ3) is 4.02. The summed E-state index contributed by atoms with van der Waals surface area (Å²) >= 11 is 0. The van der Waals surface area contributed by atoms with E-state index in [4.69, 9.17) is 5.11 Å². The van der Waals surface area contributed by atoms with Crippen molar-refractivity contribution in [3.8, 4) is 0 Å². The van der Waals surface area contributed by atoms with Crippen molar-refractivity contribution in [3.05, 3.63) is 12.7 Å². The largest absolute Gasteiger partial charge is 0.481 e. The molecule has 1 aliphatic heterocycles. The summed E-state index contributed by atoms with van der Waals surface area (Å²) < 4.78 is 27.5. The number of carbonyl (C=O) groups is 2. The fraction of sp³-hybridized carbons (Fsp3) is 0.600. The Labute approximate surface area is 105 Å². The average Bonchev–Trinajstić information content (AvgIpc) is 2.50. The molecular weight excluding hydrogens is 262 g/mol. The van der Waals surface area contributed by atoms with Crippen LogP contribution in [0.1, 0.15) is 12.8 Å². The van der Waals surface area contributed by atoms with E-state index in [1.165, 1.54) is 6.08 Å². The number of aliphatic carboxylic acids is 1. The van der Waals surface area contributed by atoms with E-state index in [0.29, 0.717) is 0 Å². The van der Waals surface area contributed by atoms with Gasteiger partial charge in [-0.15, -0.1) is 0 Å². The third-order valence-electron chi connectivity index (χ3n) is 2.58. The molecule has 1 aliphatic rings. The summed E-state index contributed by atoms with van der Waals surface area (Å²) in [4.78, 5) is 22.2. The molecule has 0 aliphatic carbocycles. The third-order valence-corrected chi connectivity index (χ3v) is 4.40. The zero-order valence-electron chi connectivity index (χ0n) is 9.72. The van der Waals surface area contributed by atoms with E-state index in [1.54, 1.807) is 0 Å². The second kappa shape index (κ2) is 5.38. The molecular formula is C10H15NO6S. The number of hydrogen-bond acceptors (Lipinski definition) is 5. The maximum absolute atomic E-state index is 11.4. The summed E-state index contributed by atoms with van der Waals surface area (Å²) in [5.74, 6) is -1.69. The lowest BCUT2D eigenvalue weighted by molar-refractivity contribution is -0.138. The van der Waals surface area contributed by atoms with E-state index in [9.17, 15) is 18.0 Å². The summed E-state index contributed by atoms with van der Waals surface area (Å²) in [6.45, 7) is 3.33. The van der Waals surface area contributed by atoms with Gasteiger partial charge in [0.1, 0.15) is 6.61 Å².